The fourth-order valence-electron chi connectivity index (χ4n) is 2.36. The minimum absolute atomic E-state index is 0.132. The average molecular weight is 311 g/mol. The zero-order valence-electron chi connectivity index (χ0n) is 11.8. The number of rotatable bonds is 6. The van der Waals surface area contributed by atoms with Gasteiger partial charge in [-0.3, -0.25) is 0 Å². The molecule has 0 N–H and O–H groups in total. The predicted molar refractivity (Wildman–Crippen MR) is 81.0 cm³/mol. The fourth-order valence-corrected chi connectivity index (χ4v) is 2.58. The summed E-state index contributed by atoms with van der Waals surface area (Å²) in [6, 6.07) is 11.7. The molecule has 0 saturated heterocycles. The summed E-state index contributed by atoms with van der Waals surface area (Å²) in [6.07, 6.45) is 1.32. The Morgan fingerprint density at radius 2 is 1.81 bits per heavy atom. The molecule has 0 aromatic heterocycles. The molecule has 0 aliphatic rings. The van der Waals surface area contributed by atoms with Gasteiger partial charge in [-0.2, -0.15) is 0 Å². The van der Waals surface area contributed by atoms with Crippen molar-refractivity contribution in [3.8, 4) is 5.75 Å². The molecule has 0 saturated carbocycles. The summed E-state index contributed by atoms with van der Waals surface area (Å²) in [6.45, 7) is 0. The van der Waals surface area contributed by atoms with E-state index in [-0.39, 0.29) is 5.92 Å². The highest BCUT2D eigenvalue weighted by molar-refractivity contribution is 6.18. The maximum Gasteiger partial charge on any atom is 0.159 e. The number of hydrogen-bond acceptors (Lipinski definition) is 1. The molecule has 112 valence electrons. The van der Waals surface area contributed by atoms with Crippen LogP contribution in [-0.2, 0) is 12.8 Å². The Labute approximate surface area is 128 Å². The lowest BCUT2D eigenvalue weighted by atomic mass is 9.93. The SMILES string of the molecule is COc1ccccc1CC(CCl)Cc1ccc(F)c(F)c1. The standard InChI is InChI=1S/C17H17ClF2O/c1-21-17-5-3-2-4-14(17)9-13(11-18)8-12-6-7-15(19)16(20)10-12/h2-7,10,13H,8-9,11H2,1H3. The van der Waals surface area contributed by atoms with Crippen LogP contribution in [0.1, 0.15) is 11.1 Å². The Morgan fingerprint density at radius 1 is 1.05 bits per heavy atom. The van der Waals surface area contributed by atoms with E-state index in [1.807, 2.05) is 24.3 Å². The van der Waals surface area contributed by atoms with Crippen LogP contribution in [0, 0.1) is 17.6 Å². The quantitative estimate of drug-likeness (QED) is 0.708. The van der Waals surface area contributed by atoms with Gasteiger partial charge in [-0.25, -0.2) is 8.78 Å². The maximum atomic E-state index is 13.3. The first-order valence-corrected chi connectivity index (χ1v) is 7.29. The van der Waals surface area contributed by atoms with Crippen LogP contribution >= 0.6 is 11.6 Å². The van der Waals surface area contributed by atoms with Crippen LogP contribution in [0.2, 0.25) is 0 Å². The van der Waals surface area contributed by atoms with Gasteiger partial charge in [0.05, 0.1) is 7.11 Å². The Kier molecular flexibility index (Phi) is 5.57. The Balaban J connectivity index is 2.11. The van der Waals surface area contributed by atoms with Crippen LogP contribution in [-0.4, -0.2) is 13.0 Å². The fraction of sp³-hybridized carbons (Fsp3) is 0.294. The largest absolute Gasteiger partial charge is 0.496 e. The minimum Gasteiger partial charge on any atom is -0.496 e. The molecule has 0 spiro atoms. The molecule has 0 radical (unpaired) electrons. The monoisotopic (exact) mass is 310 g/mol. The van der Waals surface area contributed by atoms with Crippen LogP contribution in [0.5, 0.6) is 5.75 Å². The van der Waals surface area contributed by atoms with Gasteiger partial charge >= 0.3 is 0 Å². The third-order valence-corrected chi connectivity index (χ3v) is 3.86. The van der Waals surface area contributed by atoms with Crippen LogP contribution in [0.3, 0.4) is 0 Å². The number of alkyl halides is 1. The molecule has 1 nitrogen and oxygen atoms in total. The van der Waals surface area contributed by atoms with E-state index in [0.717, 1.165) is 29.4 Å². The van der Waals surface area contributed by atoms with E-state index in [0.29, 0.717) is 12.3 Å². The summed E-state index contributed by atoms with van der Waals surface area (Å²) in [5, 5.41) is 0. The smallest absolute Gasteiger partial charge is 0.159 e. The summed E-state index contributed by atoms with van der Waals surface area (Å²) in [4.78, 5) is 0. The normalized spacial score (nSPS) is 12.2. The van der Waals surface area contributed by atoms with Crippen molar-refractivity contribution in [1.29, 1.82) is 0 Å². The second-order valence-electron chi connectivity index (χ2n) is 4.99. The van der Waals surface area contributed by atoms with Crippen molar-refractivity contribution in [3.63, 3.8) is 0 Å². The number of methoxy groups -OCH3 is 1. The number of para-hydroxylation sites is 1. The summed E-state index contributed by atoms with van der Waals surface area (Å²) >= 11 is 6.03. The first-order valence-electron chi connectivity index (χ1n) is 6.75. The van der Waals surface area contributed by atoms with E-state index in [9.17, 15) is 8.78 Å². The van der Waals surface area contributed by atoms with E-state index in [1.54, 1.807) is 13.2 Å². The highest BCUT2D eigenvalue weighted by Gasteiger charge is 2.14. The highest BCUT2D eigenvalue weighted by Crippen LogP contribution is 2.24. The molecule has 21 heavy (non-hydrogen) atoms. The molecule has 0 aliphatic heterocycles. The van der Waals surface area contributed by atoms with Crippen LogP contribution in [0.15, 0.2) is 42.5 Å². The molecule has 0 fully saturated rings. The summed E-state index contributed by atoms with van der Waals surface area (Å²) < 4.78 is 31.5. The third-order valence-electron chi connectivity index (χ3n) is 3.43. The third kappa shape index (κ3) is 4.18. The Bertz CT molecular complexity index is 601. The van der Waals surface area contributed by atoms with Gasteiger partial charge < -0.3 is 4.74 Å². The lowest BCUT2D eigenvalue weighted by molar-refractivity contribution is 0.405. The molecular weight excluding hydrogens is 294 g/mol. The van der Waals surface area contributed by atoms with Crippen molar-refractivity contribution in [2.24, 2.45) is 5.92 Å². The van der Waals surface area contributed by atoms with Crippen molar-refractivity contribution in [2.45, 2.75) is 12.8 Å². The number of halogens is 3. The molecule has 1 atom stereocenters. The number of ether oxygens (including phenoxy) is 1. The summed E-state index contributed by atoms with van der Waals surface area (Å²) in [7, 11) is 1.63. The molecule has 0 heterocycles. The van der Waals surface area contributed by atoms with Crippen molar-refractivity contribution in [2.75, 3.05) is 13.0 Å². The lowest BCUT2D eigenvalue weighted by Gasteiger charge is -2.16. The van der Waals surface area contributed by atoms with Crippen molar-refractivity contribution in [1.82, 2.24) is 0 Å². The van der Waals surface area contributed by atoms with Gasteiger partial charge in [0.1, 0.15) is 5.75 Å². The van der Waals surface area contributed by atoms with Gasteiger partial charge in [-0.15, -0.1) is 11.6 Å². The Morgan fingerprint density at radius 3 is 2.48 bits per heavy atom. The van der Waals surface area contributed by atoms with Gasteiger partial charge in [0.2, 0.25) is 0 Å². The first kappa shape index (κ1) is 15.8. The van der Waals surface area contributed by atoms with E-state index in [2.05, 4.69) is 0 Å². The van der Waals surface area contributed by atoms with Crippen LogP contribution < -0.4 is 4.74 Å². The minimum atomic E-state index is -0.828. The highest BCUT2D eigenvalue weighted by atomic mass is 35.5. The molecule has 2 aromatic rings. The van der Waals surface area contributed by atoms with Gasteiger partial charge in [-0.1, -0.05) is 24.3 Å². The number of benzene rings is 2. The zero-order valence-corrected chi connectivity index (χ0v) is 12.5. The second-order valence-corrected chi connectivity index (χ2v) is 5.30. The maximum absolute atomic E-state index is 13.3. The van der Waals surface area contributed by atoms with Crippen molar-refractivity contribution in [3.05, 3.63) is 65.2 Å². The average Bonchev–Trinajstić information content (AvgIpc) is 2.50. The molecule has 1 unspecified atom stereocenters. The molecule has 0 bridgehead atoms. The molecule has 0 amide bonds. The van der Waals surface area contributed by atoms with Gasteiger partial charge in [-0.05, 0) is 48.1 Å². The molecule has 2 aromatic carbocycles. The molecular formula is C17H17ClF2O. The molecule has 0 aliphatic carbocycles. The van der Waals surface area contributed by atoms with Crippen LogP contribution in [0.25, 0.3) is 0 Å². The van der Waals surface area contributed by atoms with Gasteiger partial charge in [0.15, 0.2) is 11.6 Å². The van der Waals surface area contributed by atoms with E-state index in [1.165, 1.54) is 6.07 Å². The molecule has 4 heteroatoms. The van der Waals surface area contributed by atoms with E-state index < -0.39 is 11.6 Å². The zero-order chi connectivity index (χ0) is 15.2. The van der Waals surface area contributed by atoms with Crippen molar-refractivity contribution < 1.29 is 13.5 Å². The lowest BCUT2D eigenvalue weighted by Crippen LogP contribution is -2.11. The number of hydrogen-bond donors (Lipinski definition) is 0. The topological polar surface area (TPSA) is 9.23 Å². The first-order chi connectivity index (χ1) is 10.1. The summed E-state index contributed by atoms with van der Waals surface area (Å²) in [5.74, 6) is -0.258. The van der Waals surface area contributed by atoms with Crippen LogP contribution in [0.4, 0.5) is 8.78 Å². The Hall–Kier alpha value is -1.61. The van der Waals surface area contributed by atoms with Gasteiger partial charge in [0.25, 0.3) is 0 Å². The van der Waals surface area contributed by atoms with Crippen molar-refractivity contribution >= 4 is 11.6 Å². The second kappa shape index (κ2) is 7.41. The van der Waals surface area contributed by atoms with E-state index in [4.69, 9.17) is 16.3 Å². The summed E-state index contributed by atoms with van der Waals surface area (Å²) in [5.41, 5.74) is 1.81. The van der Waals surface area contributed by atoms with Gasteiger partial charge in [0, 0.05) is 5.88 Å². The van der Waals surface area contributed by atoms with E-state index >= 15 is 0 Å². The molecule has 2 rings (SSSR count). The predicted octanol–water partition coefficient (Wildman–Crippen LogP) is 4.61.